The van der Waals surface area contributed by atoms with Gasteiger partial charge in [0.1, 0.15) is 5.75 Å². The molecule has 4 heteroatoms. The van der Waals surface area contributed by atoms with E-state index in [1.54, 1.807) is 7.11 Å². The Labute approximate surface area is 154 Å². The predicted molar refractivity (Wildman–Crippen MR) is 101 cm³/mol. The van der Waals surface area contributed by atoms with Crippen LogP contribution in [0.3, 0.4) is 0 Å². The van der Waals surface area contributed by atoms with Gasteiger partial charge in [-0.05, 0) is 36.6 Å². The van der Waals surface area contributed by atoms with E-state index in [9.17, 15) is 4.79 Å². The fraction of sp³-hybridized carbons (Fsp3) is 0.409. The molecule has 26 heavy (non-hydrogen) atoms. The molecule has 1 amide bonds. The van der Waals surface area contributed by atoms with Gasteiger partial charge in [-0.15, -0.1) is 0 Å². The SMILES string of the molecule is COc1ccc(C(=O)N2CCOC3CCCCC32)cc1-c1ccccc1. The molecule has 2 aromatic rings. The Morgan fingerprint density at radius 1 is 1.12 bits per heavy atom. The highest BCUT2D eigenvalue weighted by molar-refractivity contribution is 5.96. The van der Waals surface area contributed by atoms with Gasteiger partial charge >= 0.3 is 0 Å². The first-order valence-electron chi connectivity index (χ1n) is 9.44. The Morgan fingerprint density at radius 3 is 2.73 bits per heavy atom. The smallest absolute Gasteiger partial charge is 0.254 e. The second-order valence-corrected chi connectivity index (χ2v) is 7.04. The first-order valence-corrected chi connectivity index (χ1v) is 9.44. The summed E-state index contributed by atoms with van der Waals surface area (Å²) in [5, 5.41) is 0. The lowest BCUT2D eigenvalue weighted by atomic mass is 9.89. The van der Waals surface area contributed by atoms with E-state index >= 15 is 0 Å². The molecule has 2 unspecified atom stereocenters. The minimum absolute atomic E-state index is 0.102. The van der Waals surface area contributed by atoms with Gasteiger partial charge in [-0.2, -0.15) is 0 Å². The van der Waals surface area contributed by atoms with Gasteiger partial charge in [-0.3, -0.25) is 4.79 Å². The summed E-state index contributed by atoms with van der Waals surface area (Å²) in [4.78, 5) is 15.3. The van der Waals surface area contributed by atoms with Gasteiger partial charge in [0.05, 0.1) is 25.9 Å². The Hall–Kier alpha value is -2.33. The third-order valence-electron chi connectivity index (χ3n) is 5.52. The lowest BCUT2D eigenvalue weighted by Crippen LogP contribution is -2.54. The van der Waals surface area contributed by atoms with Gasteiger partial charge in [0.2, 0.25) is 0 Å². The van der Waals surface area contributed by atoms with E-state index in [2.05, 4.69) is 0 Å². The maximum absolute atomic E-state index is 13.3. The number of fused-ring (bicyclic) bond motifs is 1. The quantitative estimate of drug-likeness (QED) is 0.834. The molecule has 2 aromatic carbocycles. The monoisotopic (exact) mass is 351 g/mol. The fourth-order valence-corrected chi connectivity index (χ4v) is 4.20. The van der Waals surface area contributed by atoms with E-state index < -0.39 is 0 Å². The highest BCUT2D eigenvalue weighted by atomic mass is 16.5. The summed E-state index contributed by atoms with van der Waals surface area (Å²) in [5.41, 5.74) is 2.72. The van der Waals surface area contributed by atoms with Gasteiger partial charge in [-0.25, -0.2) is 0 Å². The lowest BCUT2D eigenvalue weighted by Gasteiger charge is -2.43. The minimum atomic E-state index is 0.102. The molecule has 2 fully saturated rings. The average Bonchev–Trinajstić information content (AvgIpc) is 2.73. The van der Waals surface area contributed by atoms with Crippen molar-refractivity contribution in [3.8, 4) is 16.9 Å². The molecule has 1 heterocycles. The van der Waals surface area contributed by atoms with Crippen LogP contribution in [0.2, 0.25) is 0 Å². The molecule has 0 spiro atoms. The zero-order chi connectivity index (χ0) is 17.9. The maximum Gasteiger partial charge on any atom is 0.254 e. The van der Waals surface area contributed by atoms with Crippen molar-refractivity contribution < 1.29 is 14.3 Å². The van der Waals surface area contributed by atoms with Crippen molar-refractivity contribution in [1.29, 1.82) is 0 Å². The van der Waals surface area contributed by atoms with Crippen molar-refractivity contribution in [1.82, 2.24) is 4.90 Å². The Kier molecular flexibility index (Phi) is 4.93. The van der Waals surface area contributed by atoms with Crippen molar-refractivity contribution in [3.05, 3.63) is 54.1 Å². The lowest BCUT2D eigenvalue weighted by molar-refractivity contribution is -0.0752. The van der Waals surface area contributed by atoms with E-state index in [0.29, 0.717) is 13.2 Å². The molecular weight excluding hydrogens is 326 g/mol. The number of hydrogen-bond acceptors (Lipinski definition) is 3. The molecule has 1 saturated heterocycles. The molecule has 1 aliphatic heterocycles. The van der Waals surface area contributed by atoms with Crippen LogP contribution in [-0.2, 0) is 4.74 Å². The van der Waals surface area contributed by atoms with Crippen molar-refractivity contribution in [2.45, 2.75) is 37.8 Å². The van der Waals surface area contributed by atoms with Crippen molar-refractivity contribution in [2.24, 2.45) is 0 Å². The van der Waals surface area contributed by atoms with Gasteiger partial charge in [-0.1, -0.05) is 43.2 Å². The summed E-state index contributed by atoms with van der Waals surface area (Å²) in [6, 6.07) is 16.0. The van der Waals surface area contributed by atoms with E-state index in [4.69, 9.17) is 9.47 Å². The fourth-order valence-electron chi connectivity index (χ4n) is 4.20. The van der Waals surface area contributed by atoms with Crippen LogP contribution in [0.1, 0.15) is 36.0 Å². The normalized spacial score (nSPS) is 22.6. The van der Waals surface area contributed by atoms with Gasteiger partial charge in [0.25, 0.3) is 5.91 Å². The number of nitrogens with zero attached hydrogens (tertiary/aromatic N) is 1. The first kappa shape index (κ1) is 17.1. The maximum atomic E-state index is 13.3. The van der Waals surface area contributed by atoms with Gasteiger partial charge < -0.3 is 14.4 Å². The molecule has 1 saturated carbocycles. The van der Waals surface area contributed by atoms with Crippen molar-refractivity contribution in [3.63, 3.8) is 0 Å². The molecule has 1 aliphatic carbocycles. The second kappa shape index (κ2) is 7.50. The van der Waals surface area contributed by atoms with Crippen LogP contribution >= 0.6 is 0 Å². The van der Waals surface area contributed by atoms with Gasteiger partial charge in [0, 0.05) is 17.7 Å². The molecule has 4 rings (SSSR count). The van der Waals surface area contributed by atoms with Crippen LogP contribution in [-0.4, -0.2) is 43.2 Å². The predicted octanol–water partition coefficient (Wildman–Crippen LogP) is 4.15. The summed E-state index contributed by atoms with van der Waals surface area (Å²) in [6.07, 6.45) is 4.67. The highest BCUT2D eigenvalue weighted by Gasteiger charge is 2.37. The van der Waals surface area contributed by atoms with Crippen molar-refractivity contribution in [2.75, 3.05) is 20.3 Å². The van der Waals surface area contributed by atoms with E-state index in [0.717, 1.165) is 35.3 Å². The number of morpholine rings is 1. The number of benzene rings is 2. The number of rotatable bonds is 3. The molecule has 136 valence electrons. The van der Waals surface area contributed by atoms with E-state index in [1.165, 1.54) is 12.8 Å². The Morgan fingerprint density at radius 2 is 1.92 bits per heavy atom. The molecule has 0 N–H and O–H groups in total. The highest BCUT2D eigenvalue weighted by Crippen LogP contribution is 2.33. The summed E-state index contributed by atoms with van der Waals surface area (Å²) in [6.45, 7) is 1.31. The van der Waals surface area contributed by atoms with Crippen LogP contribution < -0.4 is 4.74 Å². The van der Waals surface area contributed by atoms with E-state index in [-0.39, 0.29) is 18.1 Å². The van der Waals surface area contributed by atoms with Crippen LogP contribution in [0.5, 0.6) is 5.75 Å². The largest absolute Gasteiger partial charge is 0.496 e. The van der Waals surface area contributed by atoms with E-state index in [1.807, 2.05) is 53.4 Å². The second-order valence-electron chi connectivity index (χ2n) is 7.04. The summed E-state index contributed by atoms with van der Waals surface area (Å²) in [7, 11) is 1.66. The number of ether oxygens (including phenoxy) is 2. The van der Waals surface area contributed by atoms with Crippen LogP contribution in [0.4, 0.5) is 0 Å². The molecular formula is C22H25NO3. The van der Waals surface area contributed by atoms with Crippen molar-refractivity contribution >= 4 is 5.91 Å². The van der Waals surface area contributed by atoms with Crippen LogP contribution in [0.15, 0.2) is 48.5 Å². The summed E-state index contributed by atoms with van der Waals surface area (Å²) in [5.74, 6) is 0.885. The first-order chi connectivity index (χ1) is 12.8. The molecule has 0 aromatic heterocycles. The zero-order valence-corrected chi connectivity index (χ0v) is 15.2. The third kappa shape index (κ3) is 3.21. The standard InChI is InChI=1S/C22H25NO3/c1-25-20-12-11-17(15-18(20)16-7-3-2-4-8-16)22(24)23-13-14-26-21-10-6-5-9-19(21)23/h2-4,7-8,11-12,15,19,21H,5-6,9-10,13-14H2,1H3. The summed E-state index contributed by atoms with van der Waals surface area (Å²) < 4.78 is 11.4. The number of carbonyl (C=O) groups is 1. The topological polar surface area (TPSA) is 38.8 Å². The van der Waals surface area contributed by atoms with Gasteiger partial charge in [0.15, 0.2) is 0 Å². The number of hydrogen-bond donors (Lipinski definition) is 0. The summed E-state index contributed by atoms with van der Waals surface area (Å²) >= 11 is 0. The van der Waals surface area contributed by atoms with Crippen LogP contribution in [0, 0.1) is 0 Å². The number of methoxy groups -OCH3 is 1. The zero-order valence-electron chi connectivity index (χ0n) is 15.2. The minimum Gasteiger partial charge on any atom is -0.496 e. The molecule has 0 bridgehead atoms. The molecule has 2 aliphatic rings. The number of carbonyl (C=O) groups excluding carboxylic acids is 1. The molecule has 0 radical (unpaired) electrons. The Balaban J connectivity index is 1.66. The molecule has 2 atom stereocenters. The average molecular weight is 351 g/mol. The Bertz CT molecular complexity index is 772. The molecule has 4 nitrogen and oxygen atoms in total. The number of amides is 1. The van der Waals surface area contributed by atoms with Crippen LogP contribution in [0.25, 0.3) is 11.1 Å². The third-order valence-corrected chi connectivity index (χ3v) is 5.52.